The lowest BCUT2D eigenvalue weighted by atomic mass is 10.1. The Balaban J connectivity index is 3.74. The molecule has 0 aromatic heterocycles. The molecule has 0 aliphatic carbocycles. The maximum absolute atomic E-state index is 12.2. The Labute approximate surface area is 176 Å². The zero-order chi connectivity index (χ0) is 23.7. The van der Waals surface area contributed by atoms with E-state index in [-0.39, 0.29) is 18.7 Å². The predicted molar refractivity (Wildman–Crippen MR) is 108 cm³/mol. The predicted octanol–water partition coefficient (Wildman–Crippen LogP) is -0.905. The minimum atomic E-state index is -4.49. The second-order valence-corrected chi connectivity index (χ2v) is 14.4. The van der Waals surface area contributed by atoms with E-state index in [1.807, 2.05) is 0 Å². The third-order valence-electron chi connectivity index (χ3n) is 3.50. The molecule has 0 aliphatic rings. The van der Waals surface area contributed by atoms with E-state index in [1.54, 1.807) is 0 Å². The van der Waals surface area contributed by atoms with Gasteiger partial charge in [0.25, 0.3) is 0 Å². The number of hydrogen-bond donors (Lipinski definition) is 0. The lowest BCUT2D eigenvalue weighted by Crippen LogP contribution is -2.46. The second-order valence-electron chi connectivity index (χ2n) is 6.41. The summed E-state index contributed by atoms with van der Waals surface area (Å²) in [5.41, 5.74) is -0.0564. The zero-order valence-electron chi connectivity index (χ0n) is 16.7. The van der Waals surface area contributed by atoms with Gasteiger partial charge < -0.3 is 4.74 Å². The van der Waals surface area contributed by atoms with Crippen molar-refractivity contribution in [3.63, 3.8) is 0 Å². The van der Waals surface area contributed by atoms with Crippen LogP contribution in [0.25, 0.3) is 0 Å². The standard InChI is InChI=1S/C14H22N2O10S4/c1-11(17)26-13-8-6-12(7-9-13)14(16(29(4,22)23)30(5,24)25)10-15(27(2,18)19)28(3,20)21/h6-9,14H,10H2,1-5H3. The van der Waals surface area contributed by atoms with Crippen molar-refractivity contribution >= 4 is 46.1 Å². The number of hydrogen-bond acceptors (Lipinski definition) is 10. The molecule has 0 bridgehead atoms. The maximum atomic E-state index is 12.2. The summed E-state index contributed by atoms with van der Waals surface area (Å²) in [6.07, 6.45) is 2.33. The zero-order valence-corrected chi connectivity index (χ0v) is 20.0. The molecule has 0 radical (unpaired) electrons. The first-order chi connectivity index (χ1) is 13.2. The van der Waals surface area contributed by atoms with Crippen molar-refractivity contribution in [2.75, 3.05) is 31.6 Å². The van der Waals surface area contributed by atoms with Crippen molar-refractivity contribution in [3.8, 4) is 5.75 Å². The Morgan fingerprint density at radius 3 is 1.50 bits per heavy atom. The van der Waals surface area contributed by atoms with Gasteiger partial charge in [-0.3, -0.25) is 4.79 Å². The summed E-state index contributed by atoms with van der Waals surface area (Å²) in [6, 6.07) is 3.06. The van der Waals surface area contributed by atoms with Crippen LogP contribution in [0.1, 0.15) is 18.5 Å². The van der Waals surface area contributed by atoms with Crippen LogP contribution in [0.3, 0.4) is 0 Å². The number of sulfonamides is 4. The van der Waals surface area contributed by atoms with E-state index < -0.39 is 58.6 Å². The fourth-order valence-electron chi connectivity index (χ4n) is 2.58. The molecule has 0 amide bonds. The molecule has 30 heavy (non-hydrogen) atoms. The number of esters is 1. The van der Waals surface area contributed by atoms with E-state index in [0.717, 1.165) is 6.92 Å². The highest BCUT2D eigenvalue weighted by molar-refractivity contribution is 8.04. The van der Waals surface area contributed by atoms with Gasteiger partial charge in [0, 0.05) is 6.92 Å². The molecule has 0 aliphatic heterocycles. The summed E-state index contributed by atoms with van der Waals surface area (Å²) in [6.45, 7) is 0.104. The number of benzene rings is 1. The lowest BCUT2D eigenvalue weighted by Gasteiger charge is -2.31. The fourth-order valence-corrected chi connectivity index (χ4v) is 8.64. The van der Waals surface area contributed by atoms with Crippen molar-refractivity contribution < 1.29 is 43.2 Å². The third kappa shape index (κ3) is 7.28. The van der Waals surface area contributed by atoms with E-state index in [9.17, 15) is 38.5 Å². The average Bonchev–Trinajstić information content (AvgIpc) is 2.46. The normalized spacial score (nSPS) is 14.6. The van der Waals surface area contributed by atoms with E-state index in [2.05, 4.69) is 0 Å². The molecule has 0 fully saturated rings. The summed E-state index contributed by atoms with van der Waals surface area (Å²) in [4.78, 5) is 11.0. The highest BCUT2D eigenvalue weighted by atomic mass is 32.3. The Morgan fingerprint density at radius 2 is 1.20 bits per heavy atom. The van der Waals surface area contributed by atoms with Crippen LogP contribution in [0.5, 0.6) is 5.75 Å². The molecule has 12 nitrogen and oxygen atoms in total. The first-order valence-corrected chi connectivity index (χ1v) is 15.3. The van der Waals surface area contributed by atoms with Gasteiger partial charge in [0.05, 0.1) is 37.6 Å². The summed E-state index contributed by atoms with van der Waals surface area (Å²) in [5.74, 6) is -0.591. The lowest BCUT2D eigenvalue weighted by molar-refractivity contribution is -0.131. The number of rotatable bonds is 9. The smallest absolute Gasteiger partial charge is 0.308 e. The summed E-state index contributed by atoms with van der Waals surface area (Å²) < 4.78 is 102. The van der Waals surface area contributed by atoms with Gasteiger partial charge in [-0.15, -0.1) is 0 Å². The monoisotopic (exact) mass is 506 g/mol. The topological polar surface area (TPSA) is 169 Å². The van der Waals surface area contributed by atoms with Crippen LogP contribution >= 0.6 is 0 Å². The molecular weight excluding hydrogens is 484 g/mol. The highest BCUT2D eigenvalue weighted by Crippen LogP contribution is 2.30. The van der Waals surface area contributed by atoms with Crippen molar-refractivity contribution in [1.82, 2.24) is 7.42 Å². The summed E-state index contributed by atoms with van der Waals surface area (Å²) >= 11 is 0. The maximum Gasteiger partial charge on any atom is 0.308 e. The Bertz CT molecular complexity index is 1150. The minimum Gasteiger partial charge on any atom is -0.427 e. The van der Waals surface area contributed by atoms with E-state index >= 15 is 0 Å². The molecule has 0 saturated carbocycles. The van der Waals surface area contributed by atoms with Crippen molar-refractivity contribution in [1.29, 1.82) is 0 Å². The van der Waals surface area contributed by atoms with Crippen LogP contribution in [-0.4, -0.2) is 78.6 Å². The van der Waals surface area contributed by atoms with E-state index in [1.165, 1.54) is 24.3 Å². The second kappa shape index (κ2) is 8.88. The van der Waals surface area contributed by atoms with Gasteiger partial charge in [0.15, 0.2) is 0 Å². The molecular formula is C14H22N2O10S4. The molecule has 0 saturated heterocycles. The highest BCUT2D eigenvalue weighted by Gasteiger charge is 2.40. The molecule has 172 valence electrons. The Kier molecular flexibility index (Phi) is 7.82. The van der Waals surface area contributed by atoms with Crippen LogP contribution in [0.2, 0.25) is 0 Å². The first kappa shape index (κ1) is 26.4. The van der Waals surface area contributed by atoms with Gasteiger partial charge in [-0.25, -0.2) is 33.7 Å². The van der Waals surface area contributed by atoms with Crippen molar-refractivity contribution in [3.05, 3.63) is 29.8 Å². The number of carbonyl (C=O) groups is 1. The van der Waals surface area contributed by atoms with Gasteiger partial charge in [-0.05, 0) is 17.7 Å². The molecule has 1 aromatic carbocycles. The average molecular weight is 507 g/mol. The van der Waals surface area contributed by atoms with Gasteiger partial charge in [0.2, 0.25) is 40.1 Å². The van der Waals surface area contributed by atoms with E-state index in [4.69, 9.17) is 4.74 Å². The van der Waals surface area contributed by atoms with Crippen molar-refractivity contribution in [2.45, 2.75) is 13.0 Å². The molecule has 1 rings (SSSR count). The first-order valence-electron chi connectivity index (χ1n) is 7.90. The van der Waals surface area contributed by atoms with Gasteiger partial charge in [0.1, 0.15) is 5.75 Å². The van der Waals surface area contributed by atoms with Crippen molar-refractivity contribution in [2.24, 2.45) is 0 Å². The van der Waals surface area contributed by atoms with Crippen LogP contribution in [-0.2, 0) is 44.9 Å². The van der Waals surface area contributed by atoms with Crippen LogP contribution < -0.4 is 4.74 Å². The molecule has 0 spiro atoms. The third-order valence-corrected chi connectivity index (χ3v) is 10.3. The number of carbonyl (C=O) groups excluding carboxylic acids is 1. The fraction of sp³-hybridized carbons (Fsp3) is 0.500. The Hall–Kier alpha value is -1.59. The minimum absolute atomic E-state index is 0.00794. The molecule has 1 aromatic rings. The quantitative estimate of drug-likeness (QED) is 0.302. The summed E-state index contributed by atoms with van der Waals surface area (Å²) in [7, 11) is -17.8. The largest absolute Gasteiger partial charge is 0.427 e. The molecule has 0 heterocycles. The van der Waals surface area contributed by atoms with Crippen LogP contribution in [0.4, 0.5) is 0 Å². The molecule has 1 atom stereocenters. The van der Waals surface area contributed by atoms with Gasteiger partial charge in [-0.2, -0.15) is 0 Å². The number of nitrogens with zero attached hydrogens (tertiary/aromatic N) is 2. The number of ether oxygens (including phenoxy) is 1. The molecule has 1 unspecified atom stereocenters. The SMILES string of the molecule is CC(=O)Oc1ccc(C(CN(S(C)(=O)=O)S(C)(=O)=O)N(S(C)(=O)=O)S(C)(=O)=O)cc1. The van der Waals surface area contributed by atoms with E-state index in [0.29, 0.717) is 25.0 Å². The van der Waals surface area contributed by atoms with Crippen LogP contribution in [0.15, 0.2) is 24.3 Å². The van der Waals surface area contributed by atoms with Gasteiger partial charge >= 0.3 is 5.97 Å². The molecule has 0 N–H and O–H groups in total. The van der Waals surface area contributed by atoms with Crippen LogP contribution in [0, 0.1) is 0 Å². The molecule has 16 heteroatoms. The summed E-state index contributed by atoms with van der Waals surface area (Å²) in [5, 5.41) is 0. The van der Waals surface area contributed by atoms with Gasteiger partial charge in [-0.1, -0.05) is 19.6 Å². The Morgan fingerprint density at radius 1 is 0.800 bits per heavy atom.